The predicted molar refractivity (Wildman–Crippen MR) is 128 cm³/mol. The standard InChI is InChI=1S/C24H27N5O3S/c1-32-20-9-7-19(8-10-20)16-25-22(30)21-23(33-28-27-21)26-24(31)29-13-11-18(12-14-29)15-17-5-3-2-4-6-17/h2-10,18H,11-16H2,1H3,(H,25,30)(H,26,31). The van der Waals surface area contributed by atoms with E-state index < -0.39 is 0 Å². The van der Waals surface area contributed by atoms with Crippen LogP contribution in [0.3, 0.4) is 0 Å². The van der Waals surface area contributed by atoms with Crippen LogP contribution in [-0.4, -0.2) is 46.6 Å². The highest BCUT2D eigenvalue weighted by molar-refractivity contribution is 7.10. The highest BCUT2D eigenvalue weighted by Gasteiger charge is 2.25. The van der Waals surface area contributed by atoms with Crippen molar-refractivity contribution in [3.05, 3.63) is 71.4 Å². The average Bonchev–Trinajstić information content (AvgIpc) is 3.32. The molecule has 1 aliphatic heterocycles. The van der Waals surface area contributed by atoms with Crippen molar-refractivity contribution in [3.63, 3.8) is 0 Å². The molecule has 3 amide bonds. The SMILES string of the molecule is COc1ccc(CNC(=O)c2nnsc2NC(=O)N2CCC(Cc3ccccc3)CC2)cc1. The number of hydrogen-bond donors (Lipinski definition) is 2. The first-order chi connectivity index (χ1) is 16.1. The second-order valence-corrected chi connectivity index (χ2v) is 8.79. The fraction of sp³-hybridized carbons (Fsp3) is 0.333. The molecule has 0 saturated carbocycles. The van der Waals surface area contributed by atoms with Gasteiger partial charge in [-0.2, -0.15) is 0 Å². The van der Waals surface area contributed by atoms with Gasteiger partial charge < -0.3 is 15.0 Å². The van der Waals surface area contributed by atoms with Gasteiger partial charge in [0.05, 0.1) is 7.11 Å². The molecule has 1 saturated heterocycles. The zero-order valence-electron chi connectivity index (χ0n) is 18.5. The van der Waals surface area contributed by atoms with Gasteiger partial charge in [-0.25, -0.2) is 4.79 Å². The average molecular weight is 466 g/mol. The molecule has 172 valence electrons. The molecule has 2 heterocycles. The number of aromatic nitrogens is 2. The Balaban J connectivity index is 1.27. The number of carbonyl (C=O) groups excluding carboxylic acids is 2. The van der Waals surface area contributed by atoms with Gasteiger partial charge in [-0.15, -0.1) is 5.10 Å². The molecule has 33 heavy (non-hydrogen) atoms. The minimum absolute atomic E-state index is 0.126. The topological polar surface area (TPSA) is 96.5 Å². The van der Waals surface area contributed by atoms with Crippen LogP contribution in [-0.2, 0) is 13.0 Å². The summed E-state index contributed by atoms with van der Waals surface area (Å²) in [5.41, 5.74) is 2.39. The van der Waals surface area contributed by atoms with E-state index in [9.17, 15) is 9.59 Å². The lowest BCUT2D eigenvalue weighted by atomic mass is 9.90. The van der Waals surface area contributed by atoms with Crippen LogP contribution in [0.25, 0.3) is 0 Å². The highest BCUT2D eigenvalue weighted by Crippen LogP contribution is 2.24. The Morgan fingerprint density at radius 2 is 1.79 bits per heavy atom. The first-order valence-electron chi connectivity index (χ1n) is 11.0. The van der Waals surface area contributed by atoms with Gasteiger partial charge in [0.25, 0.3) is 5.91 Å². The quantitative estimate of drug-likeness (QED) is 0.551. The van der Waals surface area contributed by atoms with E-state index in [0.29, 0.717) is 30.6 Å². The number of rotatable bonds is 7. The predicted octanol–water partition coefficient (Wildman–Crippen LogP) is 3.96. The molecule has 9 heteroatoms. The summed E-state index contributed by atoms with van der Waals surface area (Å²) in [6, 6.07) is 17.7. The van der Waals surface area contributed by atoms with E-state index in [1.54, 1.807) is 12.0 Å². The summed E-state index contributed by atoms with van der Waals surface area (Å²) in [5.74, 6) is 0.945. The molecule has 2 N–H and O–H groups in total. The minimum atomic E-state index is -0.378. The molecule has 1 aromatic heterocycles. The van der Waals surface area contributed by atoms with Crippen molar-refractivity contribution in [2.75, 3.05) is 25.5 Å². The maximum atomic E-state index is 12.8. The third-order valence-corrected chi connectivity index (χ3v) is 6.45. The van der Waals surface area contributed by atoms with Gasteiger partial charge in [0.1, 0.15) is 5.75 Å². The summed E-state index contributed by atoms with van der Waals surface area (Å²) in [5, 5.41) is 9.92. The van der Waals surface area contributed by atoms with Crippen molar-refractivity contribution in [2.45, 2.75) is 25.8 Å². The Morgan fingerprint density at radius 3 is 2.48 bits per heavy atom. The second-order valence-electron chi connectivity index (χ2n) is 8.03. The fourth-order valence-corrected chi connectivity index (χ4v) is 4.45. The van der Waals surface area contributed by atoms with E-state index in [-0.39, 0.29) is 17.6 Å². The molecule has 8 nitrogen and oxygen atoms in total. The zero-order chi connectivity index (χ0) is 23.0. The maximum Gasteiger partial charge on any atom is 0.322 e. The minimum Gasteiger partial charge on any atom is -0.497 e. The van der Waals surface area contributed by atoms with Crippen LogP contribution in [0.2, 0.25) is 0 Å². The third kappa shape index (κ3) is 6.07. The van der Waals surface area contributed by atoms with E-state index >= 15 is 0 Å². The van der Waals surface area contributed by atoms with Crippen molar-refractivity contribution >= 4 is 28.5 Å². The lowest BCUT2D eigenvalue weighted by molar-refractivity contribution is 0.0946. The molecule has 0 unspecified atom stereocenters. The summed E-state index contributed by atoms with van der Waals surface area (Å²) in [4.78, 5) is 27.2. The normalized spacial score (nSPS) is 14.0. The molecule has 2 aromatic carbocycles. The van der Waals surface area contributed by atoms with Gasteiger partial charge in [0, 0.05) is 31.2 Å². The van der Waals surface area contributed by atoms with Crippen molar-refractivity contribution in [2.24, 2.45) is 5.92 Å². The Labute approximate surface area is 197 Å². The van der Waals surface area contributed by atoms with Gasteiger partial charge in [-0.05, 0) is 48.4 Å². The molecule has 4 rings (SSSR count). The number of ether oxygens (including phenoxy) is 1. The first-order valence-corrected chi connectivity index (χ1v) is 11.7. The van der Waals surface area contributed by atoms with Crippen LogP contribution < -0.4 is 15.4 Å². The van der Waals surface area contributed by atoms with Gasteiger partial charge in [0.15, 0.2) is 10.7 Å². The number of nitrogens with one attached hydrogen (secondary N) is 2. The van der Waals surface area contributed by atoms with Crippen LogP contribution in [0, 0.1) is 5.92 Å². The number of urea groups is 1. The molecule has 0 bridgehead atoms. The Morgan fingerprint density at radius 1 is 1.06 bits per heavy atom. The summed E-state index contributed by atoms with van der Waals surface area (Å²) in [6.45, 7) is 1.71. The molecule has 1 aliphatic rings. The van der Waals surface area contributed by atoms with Crippen LogP contribution >= 0.6 is 11.5 Å². The number of amides is 3. The maximum absolute atomic E-state index is 12.8. The van der Waals surface area contributed by atoms with Crippen LogP contribution in [0.4, 0.5) is 9.80 Å². The zero-order valence-corrected chi connectivity index (χ0v) is 19.3. The molecular weight excluding hydrogens is 438 g/mol. The van der Waals surface area contributed by atoms with Crippen molar-refractivity contribution in [1.29, 1.82) is 0 Å². The monoisotopic (exact) mass is 465 g/mol. The Kier molecular flexibility index (Phi) is 7.51. The van der Waals surface area contributed by atoms with Crippen LogP contribution in [0.5, 0.6) is 5.75 Å². The molecular formula is C24H27N5O3S. The summed E-state index contributed by atoms with van der Waals surface area (Å²) >= 11 is 1.00. The van der Waals surface area contributed by atoms with Crippen molar-refractivity contribution < 1.29 is 14.3 Å². The largest absolute Gasteiger partial charge is 0.497 e. The van der Waals surface area contributed by atoms with E-state index in [2.05, 4.69) is 44.5 Å². The van der Waals surface area contributed by atoms with Gasteiger partial charge >= 0.3 is 6.03 Å². The van der Waals surface area contributed by atoms with Crippen molar-refractivity contribution in [1.82, 2.24) is 19.8 Å². The van der Waals surface area contributed by atoms with E-state index in [4.69, 9.17) is 4.74 Å². The third-order valence-electron chi connectivity index (χ3n) is 5.80. The number of likely N-dealkylation sites (tertiary alicyclic amines) is 1. The molecule has 0 aliphatic carbocycles. The molecule has 0 spiro atoms. The second kappa shape index (κ2) is 10.9. The molecule has 3 aromatic rings. The molecule has 0 atom stereocenters. The first kappa shape index (κ1) is 22.7. The lowest BCUT2D eigenvalue weighted by Gasteiger charge is -2.32. The molecule has 0 radical (unpaired) electrons. The highest BCUT2D eigenvalue weighted by atomic mass is 32.1. The van der Waals surface area contributed by atoms with E-state index in [1.165, 1.54) is 5.56 Å². The summed E-state index contributed by atoms with van der Waals surface area (Å²) in [7, 11) is 1.61. The van der Waals surface area contributed by atoms with Crippen LogP contribution in [0.1, 0.15) is 34.5 Å². The number of carbonyl (C=O) groups is 2. The van der Waals surface area contributed by atoms with Gasteiger partial charge in [-0.3, -0.25) is 10.1 Å². The molecule has 1 fully saturated rings. The van der Waals surface area contributed by atoms with E-state index in [0.717, 1.165) is 42.1 Å². The van der Waals surface area contributed by atoms with Gasteiger partial charge in [0.2, 0.25) is 0 Å². The fourth-order valence-electron chi connectivity index (χ4n) is 3.89. The van der Waals surface area contributed by atoms with Crippen molar-refractivity contribution in [3.8, 4) is 5.75 Å². The smallest absolute Gasteiger partial charge is 0.322 e. The Hall–Kier alpha value is -3.46. The number of hydrogen-bond acceptors (Lipinski definition) is 6. The van der Waals surface area contributed by atoms with E-state index in [1.807, 2.05) is 30.3 Å². The number of nitrogens with zero attached hydrogens (tertiary/aromatic N) is 3. The summed E-state index contributed by atoms with van der Waals surface area (Å²) in [6.07, 6.45) is 2.95. The Bertz CT molecular complexity index is 1060. The number of anilines is 1. The van der Waals surface area contributed by atoms with Crippen LogP contribution in [0.15, 0.2) is 54.6 Å². The number of methoxy groups -OCH3 is 1. The number of benzene rings is 2. The lowest BCUT2D eigenvalue weighted by Crippen LogP contribution is -2.41. The summed E-state index contributed by atoms with van der Waals surface area (Å²) < 4.78 is 9.00. The van der Waals surface area contributed by atoms with Gasteiger partial charge in [-0.1, -0.05) is 47.0 Å². The number of piperidine rings is 1.